The van der Waals surface area contributed by atoms with Gasteiger partial charge >= 0.3 is 5.97 Å². The van der Waals surface area contributed by atoms with Crippen LogP contribution in [0.1, 0.15) is 13.3 Å². The molecule has 0 bridgehead atoms. The van der Waals surface area contributed by atoms with Gasteiger partial charge in [0, 0.05) is 0 Å². The Bertz CT molecular complexity index is 96.7. The van der Waals surface area contributed by atoms with E-state index in [1.807, 2.05) is 0 Å². The van der Waals surface area contributed by atoms with E-state index in [-0.39, 0.29) is 6.42 Å². The van der Waals surface area contributed by atoms with Crippen LogP contribution in [0.2, 0.25) is 0 Å². The number of alkyl halides is 1. The fraction of sp³-hybridized carbons (Fsp3) is 0.750. The van der Waals surface area contributed by atoms with Gasteiger partial charge in [-0.25, -0.2) is 0 Å². The lowest BCUT2D eigenvalue weighted by molar-refractivity contribution is -0.137. The van der Waals surface area contributed by atoms with E-state index in [4.69, 9.17) is 16.7 Å². The lowest BCUT2D eigenvalue weighted by Gasteiger charge is -2.09. The third-order valence-electron chi connectivity index (χ3n) is 0.474. The van der Waals surface area contributed by atoms with Gasteiger partial charge < -0.3 is 5.11 Å². The molecule has 0 aromatic carbocycles. The second kappa shape index (κ2) is 2.60. The Labute approximate surface area is 58.2 Å². The minimum atomic E-state index is -0.933. The predicted molar refractivity (Wildman–Crippen MR) is 35.5 cm³/mol. The number of hydrogen-bond donors (Lipinski definition) is 2. The first-order valence-electron chi connectivity index (χ1n) is 2.05. The van der Waals surface area contributed by atoms with Crippen LogP contribution in [0.25, 0.3) is 0 Å². The molecule has 0 aliphatic rings. The standard InChI is InChI=1S/C4H7ClO2S/c1-4(5,8)2-3(6)7/h8H,2H2,1H3,(H,6,7). The lowest BCUT2D eigenvalue weighted by atomic mass is 10.3. The van der Waals surface area contributed by atoms with Crippen molar-refractivity contribution in [3.05, 3.63) is 0 Å². The molecule has 0 saturated heterocycles. The van der Waals surface area contributed by atoms with Crippen LogP contribution in [-0.4, -0.2) is 15.3 Å². The Hall–Kier alpha value is 0.110. The van der Waals surface area contributed by atoms with Crippen molar-refractivity contribution in [1.29, 1.82) is 0 Å². The summed E-state index contributed by atoms with van der Waals surface area (Å²) in [5.74, 6) is -0.933. The van der Waals surface area contributed by atoms with Crippen LogP contribution in [0, 0.1) is 0 Å². The lowest BCUT2D eigenvalue weighted by Crippen LogP contribution is -2.12. The van der Waals surface area contributed by atoms with Crippen LogP contribution in [0.5, 0.6) is 0 Å². The van der Waals surface area contributed by atoms with Crippen molar-refractivity contribution in [2.45, 2.75) is 17.6 Å². The number of aliphatic carboxylic acids is 1. The number of hydrogen-bond acceptors (Lipinski definition) is 2. The molecule has 0 spiro atoms. The molecule has 0 rings (SSSR count). The molecule has 0 aliphatic heterocycles. The molecule has 0 radical (unpaired) electrons. The minimum absolute atomic E-state index is 0.127. The Morgan fingerprint density at radius 2 is 2.38 bits per heavy atom. The van der Waals surface area contributed by atoms with Gasteiger partial charge in [0.1, 0.15) is 0 Å². The van der Waals surface area contributed by atoms with Gasteiger partial charge in [-0.3, -0.25) is 4.79 Å². The molecule has 0 aromatic rings. The average Bonchev–Trinajstić information content (AvgIpc) is 1.21. The van der Waals surface area contributed by atoms with Gasteiger partial charge in [0.15, 0.2) is 0 Å². The molecule has 2 nitrogen and oxygen atoms in total. The molecule has 4 heteroatoms. The first kappa shape index (κ1) is 8.11. The summed E-state index contributed by atoms with van der Waals surface area (Å²) in [5.41, 5.74) is 0. The summed E-state index contributed by atoms with van der Waals surface area (Å²) in [7, 11) is 0. The van der Waals surface area contributed by atoms with Crippen molar-refractivity contribution < 1.29 is 9.90 Å². The summed E-state index contributed by atoms with van der Waals surface area (Å²) in [6, 6.07) is 0. The smallest absolute Gasteiger partial charge is 0.305 e. The van der Waals surface area contributed by atoms with Crippen molar-refractivity contribution in [2.75, 3.05) is 0 Å². The van der Waals surface area contributed by atoms with Gasteiger partial charge in [0.2, 0.25) is 0 Å². The number of rotatable bonds is 2. The number of carboxylic acid groups (broad SMARTS) is 1. The Balaban J connectivity index is 3.55. The molecule has 8 heavy (non-hydrogen) atoms. The molecule has 1 unspecified atom stereocenters. The fourth-order valence-corrected chi connectivity index (χ4v) is 0.526. The summed E-state index contributed by atoms with van der Waals surface area (Å²) in [4.78, 5) is 9.88. The number of thiol groups is 1. The Kier molecular flexibility index (Phi) is 2.63. The predicted octanol–water partition coefficient (Wildman–Crippen LogP) is 1.35. The first-order valence-corrected chi connectivity index (χ1v) is 2.87. The molecule has 1 atom stereocenters. The maximum atomic E-state index is 9.88. The molecule has 0 aliphatic carbocycles. The van der Waals surface area contributed by atoms with Gasteiger partial charge in [-0.15, -0.1) is 11.6 Å². The molecule has 0 aromatic heterocycles. The molecule has 0 fully saturated rings. The third-order valence-corrected chi connectivity index (χ3v) is 0.766. The summed E-state index contributed by atoms with van der Waals surface area (Å²) >= 11 is 9.19. The zero-order chi connectivity index (χ0) is 6.78. The first-order chi connectivity index (χ1) is 3.42. The normalized spacial score (nSPS) is 17.4. The molecule has 48 valence electrons. The minimum Gasteiger partial charge on any atom is -0.481 e. The monoisotopic (exact) mass is 154 g/mol. The summed E-state index contributed by atoms with van der Waals surface area (Å²) in [6.07, 6.45) is -0.127. The molecule has 0 heterocycles. The van der Waals surface area contributed by atoms with Crippen molar-refractivity contribution in [3.8, 4) is 0 Å². The number of halogens is 1. The van der Waals surface area contributed by atoms with E-state index in [1.165, 1.54) is 6.92 Å². The summed E-state index contributed by atoms with van der Waals surface area (Å²) in [5, 5.41) is 8.12. The van der Waals surface area contributed by atoms with E-state index < -0.39 is 10.2 Å². The van der Waals surface area contributed by atoms with Crippen LogP contribution in [-0.2, 0) is 4.79 Å². The fourth-order valence-electron chi connectivity index (χ4n) is 0.276. The maximum absolute atomic E-state index is 9.88. The highest BCUT2D eigenvalue weighted by Gasteiger charge is 2.18. The molecule has 0 amide bonds. The van der Waals surface area contributed by atoms with Crippen LogP contribution >= 0.6 is 24.2 Å². The van der Waals surface area contributed by atoms with Gasteiger partial charge in [0.25, 0.3) is 0 Å². The van der Waals surface area contributed by atoms with Gasteiger partial charge in [-0.05, 0) is 6.92 Å². The topological polar surface area (TPSA) is 37.3 Å². The maximum Gasteiger partial charge on any atom is 0.305 e. The Morgan fingerprint density at radius 3 is 2.38 bits per heavy atom. The largest absolute Gasteiger partial charge is 0.481 e. The van der Waals surface area contributed by atoms with Crippen molar-refractivity contribution in [3.63, 3.8) is 0 Å². The van der Waals surface area contributed by atoms with Crippen molar-refractivity contribution in [1.82, 2.24) is 0 Å². The van der Waals surface area contributed by atoms with Gasteiger partial charge in [-0.2, -0.15) is 12.6 Å². The highest BCUT2D eigenvalue weighted by molar-refractivity contribution is 7.83. The molecule has 0 saturated carbocycles. The van der Waals surface area contributed by atoms with Crippen LogP contribution in [0.3, 0.4) is 0 Å². The van der Waals surface area contributed by atoms with Gasteiger partial charge in [-0.1, -0.05) is 0 Å². The van der Waals surface area contributed by atoms with E-state index in [1.54, 1.807) is 0 Å². The van der Waals surface area contributed by atoms with Crippen LogP contribution in [0.4, 0.5) is 0 Å². The number of carboxylic acids is 1. The van der Waals surface area contributed by atoms with Gasteiger partial charge in [0.05, 0.1) is 10.6 Å². The zero-order valence-corrected chi connectivity index (χ0v) is 6.04. The zero-order valence-electron chi connectivity index (χ0n) is 4.39. The van der Waals surface area contributed by atoms with Crippen LogP contribution < -0.4 is 0 Å². The van der Waals surface area contributed by atoms with E-state index in [0.717, 1.165) is 0 Å². The number of carbonyl (C=O) groups is 1. The Morgan fingerprint density at radius 1 is 2.00 bits per heavy atom. The molecular weight excluding hydrogens is 148 g/mol. The second-order valence-electron chi connectivity index (χ2n) is 1.71. The molecule has 1 N–H and O–H groups in total. The van der Waals surface area contributed by atoms with E-state index >= 15 is 0 Å². The highest BCUT2D eigenvalue weighted by atomic mass is 35.5. The average molecular weight is 155 g/mol. The second-order valence-corrected chi connectivity index (χ2v) is 3.80. The van der Waals surface area contributed by atoms with Crippen molar-refractivity contribution in [2.24, 2.45) is 0 Å². The van der Waals surface area contributed by atoms with E-state index in [0.29, 0.717) is 0 Å². The molecular formula is C4H7ClO2S. The van der Waals surface area contributed by atoms with Crippen LogP contribution in [0.15, 0.2) is 0 Å². The SMILES string of the molecule is CC(S)(Cl)CC(=O)O. The van der Waals surface area contributed by atoms with Crippen molar-refractivity contribution >= 4 is 30.2 Å². The summed E-state index contributed by atoms with van der Waals surface area (Å²) in [6.45, 7) is 1.53. The van der Waals surface area contributed by atoms with E-state index in [9.17, 15) is 4.79 Å². The van der Waals surface area contributed by atoms with E-state index in [2.05, 4.69) is 12.6 Å². The third kappa shape index (κ3) is 6.11. The highest BCUT2D eigenvalue weighted by Crippen LogP contribution is 2.22. The quantitative estimate of drug-likeness (QED) is 0.466. The summed E-state index contributed by atoms with van der Waals surface area (Å²) < 4.78 is -0.911.